The molecule has 0 aliphatic carbocycles. The summed E-state index contributed by atoms with van der Waals surface area (Å²) >= 11 is 0. The van der Waals surface area contributed by atoms with Crippen LogP contribution in [-0.2, 0) is 4.74 Å². The Morgan fingerprint density at radius 2 is 1.90 bits per heavy atom. The Balaban J connectivity index is 0. The Kier molecular flexibility index (Phi) is 14.7. The minimum absolute atomic E-state index is 0.329. The molecule has 0 radical (unpaired) electrons. The third-order valence-electron chi connectivity index (χ3n) is 1.22. The van der Waals surface area contributed by atoms with Gasteiger partial charge in [0.25, 0.3) is 0 Å². The van der Waals surface area contributed by atoms with E-state index < -0.39 is 0 Å². The standard InChI is InChI=1S/C6H15NO.C2H6/c1-3-6(7)4-5-8-2;1-2/h6H,3-5,7H2,1-2H3;1-2H3. The first-order valence-corrected chi connectivity index (χ1v) is 4.05. The fourth-order valence-electron chi connectivity index (χ4n) is 0.473. The zero-order chi connectivity index (χ0) is 8.41. The van der Waals surface area contributed by atoms with Crippen LogP contribution in [0.4, 0.5) is 0 Å². The van der Waals surface area contributed by atoms with E-state index in [0.717, 1.165) is 19.4 Å². The summed E-state index contributed by atoms with van der Waals surface area (Å²) in [5.41, 5.74) is 5.58. The molecule has 0 rings (SSSR count). The second-order valence-electron chi connectivity index (χ2n) is 1.95. The second-order valence-corrected chi connectivity index (χ2v) is 1.95. The molecule has 2 heteroatoms. The zero-order valence-electron chi connectivity index (χ0n) is 7.68. The lowest BCUT2D eigenvalue weighted by molar-refractivity contribution is 0.187. The lowest BCUT2D eigenvalue weighted by Crippen LogP contribution is -2.20. The van der Waals surface area contributed by atoms with Crippen LogP contribution in [0.25, 0.3) is 0 Å². The van der Waals surface area contributed by atoms with Crippen LogP contribution < -0.4 is 5.73 Å². The molecule has 0 aromatic heterocycles. The number of hydrogen-bond donors (Lipinski definition) is 1. The van der Waals surface area contributed by atoms with Gasteiger partial charge < -0.3 is 10.5 Å². The third kappa shape index (κ3) is 10.8. The molecule has 0 heterocycles. The lowest BCUT2D eigenvalue weighted by atomic mass is 10.2. The fraction of sp³-hybridized carbons (Fsp3) is 1.00. The first kappa shape index (κ1) is 12.6. The molecule has 0 aliphatic rings. The van der Waals surface area contributed by atoms with Crippen LogP contribution >= 0.6 is 0 Å². The molecule has 0 fully saturated rings. The number of rotatable bonds is 4. The van der Waals surface area contributed by atoms with Crippen molar-refractivity contribution >= 4 is 0 Å². The van der Waals surface area contributed by atoms with Gasteiger partial charge in [-0.05, 0) is 12.8 Å². The van der Waals surface area contributed by atoms with Crippen LogP contribution in [0.15, 0.2) is 0 Å². The van der Waals surface area contributed by atoms with Gasteiger partial charge in [-0.3, -0.25) is 0 Å². The van der Waals surface area contributed by atoms with E-state index in [4.69, 9.17) is 10.5 Å². The molecule has 0 saturated heterocycles. The fourth-order valence-corrected chi connectivity index (χ4v) is 0.473. The van der Waals surface area contributed by atoms with Gasteiger partial charge in [-0.25, -0.2) is 0 Å². The Hall–Kier alpha value is -0.0800. The van der Waals surface area contributed by atoms with Gasteiger partial charge in [0.2, 0.25) is 0 Å². The Bertz CT molecular complexity index is 48.5. The summed E-state index contributed by atoms with van der Waals surface area (Å²) in [4.78, 5) is 0. The van der Waals surface area contributed by atoms with Crippen molar-refractivity contribution in [3.63, 3.8) is 0 Å². The topological polar surface area (TPSA) is 35.2 Å². The summed E-state index contributed by atoms with van der Waals surface area (Å²) < 4.78 is 4.83. The van der Waals surface area contributed by atoms with Crippen molar-refractivity contribution in [2.45, 2.75) is 39.7 Å². The quantitative estimate of drug-likeness (QED) is 0.658. The van der Waals surface area contributed by atoms with Crippen LogP contribution in [0.3, 0.4) is 0 Å². The predicted molar refractivity (Wildman–Crippen MR) is 46.1 cm³/mol. The summed E-state index contributed by atoms with van der Waals surface area (Å²) in [6.07, 6.45) is 2.02. The van der Waals surface area contributed by atoms with Crippen molar-refractivity contribution in [2.24, 2.45) is 5.73 Å². The van der Waals surface area contributed by atoms with Gasteiger partial charge in [0.1, 0.15) is 0 Å². The van der Waals surface area contributed by atoms with Gasteiger partial charge in [0.15, 0.2) is 0 Å². The third-order valence-corrected chi connectivity index (χ3v) is 1.22. The molecular weight excluding hydrogens is 126 g/mol. The van der Waals surface area contributed by atoms with E-state index in [1.165, 1.54) is 0 Å². The molecular formula is C8H21NO. The van der Waals surface area contributed by atoms with Crippen LogP contribution in [-0.4, -0.2) is 19.8 Å². The van der Waals surface area contributed by atoms with E-state index in [1.807, 2.05) is 13.8 Å². The van der Waals surface area contributed by atoms with Gasteiger partial charge in [-0.15, -0.1) is 0 Å². The molecule has 0 bridgehead atoms. The maximum atomic E-state index is 5.58. The van der Waals surface area contributed by atoms with E-state index in [-0.39, 0.29) is 0 Å². The zero-order valence-corrected chi connectivity index (χ0v) is 7.68. The van der Waals surface area contributed by atoms with Crippen LogP contribution in [0, 0.1) is 0 Å². The monoisotopic (exact) mass is 147 g/mol. The normalized spacial score (nSPS) is 11.7. The number of hydrogen-bond acceptors (Lipinski definition) is 2. The summed E-state index contributed by atoms with van der Waals surface area (Å²) in [6.45, 7) is 6.87. The van der Waals surface area contributed by atoms with Gasteiger partial charge in [0, 0.05) is 19.8 Å². The van der Waals surface area contributed by atoms with Gasteiger partial charge in [0.05, 0.1) is 0 Å². The van der Waals surface area contributed by atoms with E-state index in [2.05, 4.69) is 6.92 Å². The van der Waals surface area contributed by atoms with Gasteiger partial charge in [-0.2, -0.15) is 0 Å². The van der Waals surface area contributed by atoms with Crippen molar-refractivity contribution in [1.29, 1.82) is 0 Å². The Labute approximate surface area is 64.8 Å². The molecule has 10 heavy (non-hydrogen) atoms. The van der Waals surface area contributed by atoms with Crippen LogP contribution in [0.2, 0.25) is 0 Å². The molecule has 1 atom stereocenters. The maximum Gasteiger partial charge on any atom is 0.0477 e. The first-order chi connectivity index (χ1) is 4.81. The Morgan fingerprint density at radius 1 is 1.40 bits per heavy atom. The summed E-state index contributed by atoms with van der Waals surface area (Å²) in [5.74, 6) is 0. The molecule has 2 N–H and O–H groups in total. The number of nitrogens with two attached hydrogens (primary N) is 1. The molecule has 1 unspecified atom stereocenters. The molecule has 0 saturated carbocycles. The predicted octanol–water partition coefficient (Wildman–Crippen LogP) is 1.79. The smallest absolute Gasteiger partial charge is 0.0477 e. The summed E-state index contributed by atoms with van der Waals surface area (Å²) in [5, 5.41) is 0. The highest BCUT2D eigenvalue weighted by atomic mass is 16.5. The van der Waals surface area contributed by atoms with E-state index in [0.29, 0.717) is 6.04 Å². The van der Waals surface area contributed by atoms with Crippen molar-refractivity contribution in [3.05, 3.63) is 0 Å². The Morgan fingerprint density at radius 3 is 2.20 bits per heavy atom. The second kappa shape index (κ2) is 11.7. The van der Waals surface area contributed by atoms with E-state index in [1.54, 1.807) is 7.11 Å². The van der Waals surface area contributed by atoms with Gasteiger partial charge in [-0.1, -0.05) is 20.8 Å². The van der Waals surface area contributed by atoms with Crippen molar-refractivity contribution in [2.75, 3.05) is 13.7 Å². The molecule has 2 nitrogen and oxygen atoms in total. The number of methoxy groups -OCH3 is 1. The summed E-state index contributed by atoms with van der Waals surface area (Å²) in [6, 6.07) is 0.329. The van der Waals surface area contributed by atoms with Gasteiger partial charge >= 0.3 is 0 Å². The van der Waals surface area contributed by atoms with Crippen molar-refractivity contribution in [3.8, 4) is 0 Å². The molecule has 0 aromatic rings. The molecule has 0 aromatic carbocycles. The lowest BCUT2D eigenvalue weighted by Gasteiger charge is -2.05. The molecule has 0 amide bonds. The van der Waals surface area contributed by atoms with E-state index >= 15 is 0 Å². The first-order valence-electron chi connectivity index (χ1n) is 4.05. The van der Waals surface area contributed by atoms with Crippen LogP contribution in [0.1, 0.15) is 33.6 Å². The minimum Gasteiger partial charge on any atom is -0.385 e. The average molecular weight is 147 g/mol. The van der Waals surface area contributed by atoms with Crippen LogP contribution in [0.5, 0.6) is 0 Å². The molecule has 0 aliphatic heterocycles. The largest absolute Gasteiger partial charge is 0.385 e. The van der Waals surface area contributed by atoms with Crippen molar-refractivity contribution < 1.29 is 4.74 Å². The molecule has 0 spiro atoms. The highest BCUT2D eigenvalue weighted by Gasteiger charge is 1.95. The highest BCUT2D eigenvalue weighted by Crippen LogP contribution is 1.91. The highest BCUT2D eigenvalue weighted by molar-refractivity contribution is 4.55. The SMILES string of the molecule is CC.CCC(N)CCOC. The van der Waals surface area contributed by atoms with Crippen molar-refractivity contribution in [1.82, 2.24) is 0 Å². The summed E-state index contributed by atoms with van der Waals surface area (Å²) in [7, 11) is 1.70. The number of ether oxygens (including phenoxy) is 1. The average Bonchev–Trinajstić information content (AvgIpc) is 2.04. The minimum atomic E-state index is 0.329. The maximum absolute atomic E-state index is 5.58. The van der Waals surface area contributed by atoms with E-state index in [9.17, 15) is 0 Å². The molecule has 64 valence electrons.